The third-order valence-electron chi connectivity index (χ3n) is 5.60. The Bertz CT molecular complexity index is 1120. The van der Waals surface area contributed by atoms with E-state index in [1.807, 2.05) is 0 Å². The summed E-state index contributed by atoms with van der Waals surface area (Å²) in [6, 6.07) is 8.44. The van der Waals surface area contributed by atoms with Gasteiger partial charge in [0, 0.05) is 0 Å². The third kappa shape index (κ3) is 8.02. The maximum atomic E-state index is 14.5. The smallest absolute Gasteiger partial charge is 0.452 e. The van der Waals surface area contributed by atoms with Gasteiger partial charge in [-0.2, -0.15) is 13.2 Å². The number of alkyl halides is 4. The van der Waals surface area contributed by atoms with Crippen LogP contribution in [-0.4, -0.2) is 48.9 Å². The van der Waals surface area contributed by atoms with Crippen molar-refractivity contribution in [2.24, 2.45) is 5.92 Å². The topological polar surface area (TPSA) is 114 Å². The molecular weight excluding hydrogens is 510 g/mol. The monoisotopic (exact) mass is 539 g/mol. The van der Waals surface area contributed by atoms with Crippen molar-refractivity contribution in [3.63, 3.8) is 0 Å². The van der Waals surface area contributed by atoms with Crippen LogP contribution in [0.3, 0.4) is 0 Å². The first-order chi connectivity index (χ1) is 17.8. The molecule has 0 aliphatic carbocycles. The molecule has 12 heteroatoms. The summed E-state index contributed by atoms with van der Waals surface area (Å²) in [5.74, 6) is -5.76. The summed E-state index contributed by atoms with van der Waals surface area (Å²) in [6.45, 7) is 3.90. The molecule has 0 saturated carbocycles. The Labute approximate surface area is 217 Å². The summed E-state index contributed by atoms with van der Waals surface area (Å²) < 4.78 is 58.8. The number of methoxy groups -OCH3 is 1. The summed E-state index contributed by atoms with van der Waals surface area (Å²) in [5, 5.41) is 6.64. The minimum absolute atomic E-state index is 0.0714. The maximum Gasteiger partial charge on any atom is 0.452 e. The van der Waals surface area contributed by atoms with Gasteiger partial charge in [0.25, 0.3) is 11.7 Å². The van der Waals surface area contributed by atoms with Gasteiger partial charge in [-0.05, 0) is 36.1 Å². The number of hydrogen-bond donors (Lipinski definition) is 3. The summed E-state index contributed by atoms with van der Waals surface area (Å²) in [4.78, 5) is 50.2. The van der Waals surface area contributed by atoms with Gasteiger partial charge in [0.15, 0.2) is 0 Å². The van der Waals surface area contributed by atoms with Crippen LogP contribution in [0.1, 0.15) is 44.1 Å². The number of halogens is 4. The number of Topliss-reactive ketones (excluding diaryl/α,β-unsaturated/α-hetero) is 1. The van der Waals surface area contributed by atoms with Crippen molar-refractivity contribution in [3.8, 4) is 5.75 Å². The molecule has 0 bridgehead atoms. The SMILES string of the molecule is COc1ccc([C@H](NC(=O)[C@@H](C)NC(=O)C(F)c2ccccc2)C(=O)N[C@H](C(=O)C(F)(F)F)C(C)C)cc1. The second-order valence-corrected chi connectivity index (χ2v) is 8.81. The van der Waals surface area contributed by atoms with E-state index in [2.05, 4.69) is 16.0 Å². The number of carbonyl (C=O) groups excluding carboxylic acids is 4. The van der Waals surface area contributed by atoms with Crippen LogP contribution < -0.4 is 20.7 Å². The first kappa shape index (κ1) is 30.3. The predicted octanol–water partition coefficient (Wildman–Crippen LogP) is 3.34. The van der Waals surface area contributed by atoms with E-state index in [0.717, 1.165) is 0 Å². The van der Waals surface area contributed by atoms with Crippen LogP contribution in [0.5, 0.6) is 5.75 Å². The maximum absolute atomic E-state index is 14.5. The van der Waals surface area contributed by atoms with Gasteiger partial charge in [0.05, 0.1) is 13.2 Å². The highest BCUT2D eigenvalue weighted by molar-refractivity contribution is 5.97. The normalized spacial score (nSPS) is 14.6. The Balaban J connectivity index is 2.25. The predicted molar refractivity (Wildman–Crippen MR) is 130 cm³/mol. The quantitative estimate of drug-likeness (QED) is 0.379. The number of hydrogen-bond acceptors (Lipinski definition) is 5. The van der Waals surface area contributed by atoms with Crippen molar-refractivity contribution in [3.05, 3.63) is 65.7 Å². The van der Waals surface area contributed by atoms with Gasteiger partial charge in [0.1, 0.15) is 17.8 Å². The van der Waals surface area contributed by atoms with Crippen molar-refractivity contribution in [1.29, 1.82) is 0 Å². The Morgan fingerprint density at radius 1 is 0.763 bits per heavy atom. The zero-order chi connectivity index (χ0) is 28.6. The first-order valence-corrected chi connectivity index (χ1v) is 11.6. The lowest BCUT2D eigenvalue weighted by Gasteiger charge is -2.27. The molecule has 1 unspecified atom stereocenters. The fraction of sp³-hybridized carbons (Fsp3) is 0.385. The number of nitrogens with one attached hydrogen (secondary N) is 3. The summed E-state index contributed by atoms with van der Waals surface area (Å²) >= 11 is 0. The molecule has 3 amide bonds. The molecule has 2 rings (SSSR count). The standard InChI is InChI=1S/C26H29F4N3O5/c1-14(2)20(22(34)26(28,29)30)32-25(37)21(17-10-12-18(38-4)13-11-17)33-23(35)15(3)31-24(36)19(27)16-8-6-5-7-9-16/h5-15,19-21H,1-4H3,(H,31,36)(H,32,37)(H,33,35)/t15-,19?,20+,21+/m1/s1. The largest absolute Gasteiger partial charge is 0.497 e. The highest BCUT2D eigenvalue weighted by Crippen LogP contribution is 2.23. The van der Waals surface area contributed by atoms with Crippen LogP contribution >= 0.6 is 0 Å². The molecule has 0 aliphatic rings. The Morgan fingerprint density at radius 2 is 1.34 bits per heavy atom. The highest BCUT2D eigenvalue weighted by atomic mass is 19.4. The second-order valence-electron chi connectivity index (χ2n) is 8.81. The molecule has 0 radical (unpaired) electrons. The highest BCUT2D eigenvalue weighted by Gasteiger charge is 2.45. The lowest BCUT2D eigenvalue weighted by Crippen LogP contribution is -2.54. The van der Waals surface area contributed by atoms with Crippen LogP contribution in [0.25, 0.3) is 0 Å². The van der Waals surface area contributed by atoms with E-state index in [4.69, 9.17) is 4.74 Å². The molecule has 38 heavy (non-hydrogen) atoms. The zero-order valence-electron chi connectivity index (χ0n) is 21.1. The van der Waals surface area contributed by atoms with E-state index < -0.39 is 59.9 Å². The third-order valence-corrected chi connectivity index (χ3v) is 5.60. The molecule has 206 valence electrons. The molecule has 2 aromatic rings. The summed E-state index contributed by atoms with van der Waals surface area (Å²) in [7, 11) is 1.40. The molecule has 0 aromatic heterocycles. The minimum Gasteiger partial charge on any atom is -0.497 e. The second kappa shape index (κ2) is 13.0. The average Bonchev–Trinajstić information content (AvgIpc) is 2.88. The lowest BCUT2D eigenvalue weighted by atomic mass is 9.97. The van der Waals surface area contributed by atoms with Crippen molar-refractivity contribution < 1.29 is 41.5 Å². The van der Waals surface area contributed by atoms with Crippen molar-refractivity contribution in [2.45, 2.75) is 51.2 Å². The lowest BCUT2D eigenvalue weighted by molar-refractivity contribution is -0.175. The zero-order valence-corrected chi connectivity index (χ0v) is 21.1. The molecule has 0 heterocycles. The number of benzene rings is 2. The first-order valence-electron chi connectivity index (χ1n) is 11.6. The van der Waals surface area contributed by atoms with E-state index in [-0.39, 0.29) is 11.1 Å². The van der Waals surface area contributed by atoms with Crippen LogP contribution in [-0.2, 0) is 19.2 Å². The fourth-order valence-corrected chi connectivity index (χ4v) is 3.44. The number of rotatable bonds is 11. The molecule has 2 aromatic carbocycles. The number of ether oxygens (including phenoxy) is 1. The van der Waals surface area contributed by atoms with E-state index in [9.17, 15) is 36.7 Å². The van der Waals surface area contributed by atoms with E-state index in [1.165, 1.54) is 76.4 Å². The van der Waals surface area contributed by atoms with Gasteiger partial charge in [0.2, 0.25) is 18.0 Å². The summed E-state index contributed by atoms with van der Waals surface area (Å²) in [5.41, 5.74) is 0.229. The van der Waals surface area contributed by atoms with Crippen molar-refractivity contribution in [1.82, 2.24) is 16.0 Å². The Morgan fingerprint density at radius 3 is 1.84 bits per heavy atom. The van der Waals surface area contributed by atoms with E-state index >= 15 is 0 Å². The molecule has 4 atom stereocenters. The Hall–Kier alpha value is -3.96. The molecule has 3 N–H and O–H groups in total. The van der Waals surface area contributed by atoms with Gasteiger partial charge in [-0.1, -0.05) is 56.3 Å². The van der Waals surface area contributed by atoms with E-state index in [1.54, 1.807) is 6.07 Å². The number of carbonyl (C=O) groups is 4. The molecule has 0 fully saturated rings. The average molecular weight is 540 g/mol. The Kier molecular flexibility index (Phi) is 10.4. The number of amides is 3. The van der Waals surface area contributed by atoms with Crippen molar-refractivity contribution in [2.75, 3.05) is 7.11 Å². The minimum atomic E-state index is -5.19. The summed E-state index contributed by atoms with van der Waals surface area (Å²) in [6.07, 6.45) is -7.26. The van der Waals surface area contributed by atoms with E-state index in [0.29, 0.717) is 5.75 Å². The number of ketones is 1. The molecule has 0 aliphatic heterocycles. The van der Waals surface area contributed by atoms with Gasteiger partial charge >= 0.3 is 6.18 Å². The van der Waals surface area contributed by atoms with Crippen LogP contribution in [0.2, 0.25) is 0 Å². The molecule has 8 nitrogen and oxygen atoms in total. The van der Waals surface area contributed by atoms with Gasteiger partial charge in [-0.25, -0.2) is 4.39 Å². The molecular formula is C26H29F4N3O5. The van der Waals surface area contributed by atoms with Crippen LogP contribution in [0, 0.1) is 5.92 Å². The molecule has 0 spiro atoms. The fourth-order valence-electron chi connectivity index (χ4n) is 3.44. The van der Waals surface area contributed by atoms with Crippen LogP contribution in [0.4, 0.5) is 17.6 Å². The van der Waals surface area contributed by atoms with Gasteiger partial charge in [-0.15, -0.1) is 0 Å². The van der Waals surface area contributed by atoms with Crippen molar-refractivity contribution >= 4 is 23.5 Å². The van der Waals surface area contributed by atoms with Crippen LogP contribution in [0.15, 0.2) is 54.6 Å². The van der Waals surface area contributed by atoms with Gasteiger partial charge < -0.3 is 20.7 Å². The molecule has 0 saturated heterocycles. The van der Waals surface area contributed by atoms with Gasteiger partial charge in [-0.3, -0.25) is 19.2 Å².